The Bertz CT molecular complexity index is 916. The summed E-state index contributed by atoms with van der Waals surface area (Å²) in [5.74, 6) is 0.992. The van der Waals surface area contributed by atoms with Crippen LogP contribution in [0.2, 0.25) is 15.1 Å². The van der Waals surface area contributed by atoms with E-state index in [1.165, 1.54) is 5.56 Å². The lowest BCUT2D eigenvalue weighted by Gasteiger charge is -2.11. The highest BCUT2D eigenvalue weighted by Crippen LogP contribution is 2.36. The number of nitrogens with one attached hydrogen (secondary N) is 1. The Balaban J connectivity index is 1.93. The molecule has 0 unspecified atom stereocenters. The highest BCUT2D eigenvalue weighted by atomic mass is 35.5. The fourth-order valence-corrected chi connectivity index (χ4v) is 3.65. The van der Waals surface area contributed by atoms with Crippen molar-refractivity contribution in [2.24, 2.45) is 0 Å². The first-order chi connectivity index (χ1) is 12.1. The largest absolute Gasteiger partial charge is 0.370 e. The van der Waals surface area contributed by atoms with Gasteiger partial charge in [-0.3, -0.25) is 0 Å². The normalized spacial score (nSPS) is 13.9. The van der Waals surface area contributed by atoms with Crippen LogP contribution < -0.4 is 5.32 Å². The third kappa shape index (κ3) is 3.24. The summed E-state index contributed by atoms with van der Waals surface area (Å²) in [5.41, 5.74) is 3.98. The molecule has 0 spiro atoms. The van der Waals surface area contributed by atoms with Gasteiger partial charge in [0, 0.05) is 27.7 Å². The van der Waals surface area contributed by atoms with E-state index in [-0.39, 0.29) is 0 Å². The zero-order chi connectivity index (χ0) is 17.4. The molecular weight excluding hydrogens is 377 g/mol. The van der Waals surface area contributed by atoms with Gasteiger partial charge in [-0.15, -0.1) is 0 Å². The topological polar surface area (TPSA) is 29.9 Å². The first kappa shape index (κ1) is 16.8. The molecule has 1 aromatic heterocycles. The van der Waals surface area contributed by atoms with Crippen molar-refractivity contribution in [1.82, 2.24) is 9.78 Å². The van der Waals surface area contributed by atoms with Gasteiger partial charge in [-0.1, -0.05) is 46.9 Å². The van der Waals surface area contributed by atoms with Gasteiger partial charge in [0.05, 0.1) is 16.4 Å². The highest BCUT2D eigenvalue weighted by molar-refractivity contribution is 6.34. The number of nitrogens with zero attached hydrogens (tertiary/aromatic N) is 2. The van der Waals surface area contributed by atoms with Gasteiger partial charge in [0.25, 0.3) is 0 Å². The van der Waals surface area contributed by atoms with Gasteiger partial charge < -0.3 is 5.32 Å². The van der Waals surface area contributed by atoms with Crippen LogP contribution in [0.5, 0.6) is 0 Å². The van der Waals surface area contributed by atoms with E-state index in [0.29, 0.717) is 15.1 Å². The van der Waals surface area contributed by atoms with Gasteiger partial charge in [-0.05, 0) is 49.6 Å². The lowest BCUT2D eigenvalue weighted by Crippen LogP contribution is -2.07. The summed E-state index contributed by atoms with van der Waals surface area (Å²) < 4.78 is 1.87. The molecular formula is C19H16Cl3N3. The number of hydrogen-bond acceptors (Lipinski definition) is 2. The molecule has 128 valence electrons. The Kier molecular flexibility index (Phi) is 4.63. The number of rotatable bonds is 2. The average molecular weight is 393 g/mol. The van der Waals surface area contributed by atoms with E-state index in [2.05, 4.69) is 5.32 Å². The molecule has 2 aromatic carbocycles. The quantitative estimate of drug-likeness (QED) is 0.559. The summed E-state index contributed by atoms with van der Waals surface area (Å²) in [4.78, 5) is 0. The van der Waals surface area contributed by atoms with Gasteiger partial charge in [-0.25, -0.2) is 4.68 Å². The van der Waals surface area contributed by atoms with Crippen LogP contribution in [0.1, 0.15) is 18.4 Å². The molecule has 4 rings (SSSR count). The van der Waals surface area contributed by atoms with Crippen LogP contribution in [0.3, 0.4) is 0 Å². The van der Waals surface area contributed by atoms with Crippen LogP contribution in [-0.4, -0.2) is 16.3 Å². The van der Waals surface area contributed by atoms with Crippen molar-refractivity contribution < 1.29 is 0 Å². The van der Waals surface area contributed by atoms with Gasteiger partial charge in [0.15, 0.2) is 0 Å². The summed E-state index contributed by atoms with van der Waals surface area (Å²) in [6, 6.07) is 13.2. The van der Waals surface area contributed by atoms with E-state index >= 15 is 0 Å². The third-order valence-corrected chi connectivity index (χ3v) is 5.19. The zero-order valence-corrected chi connectivity index (χ0v) is 15.7. The maximum absolute atomic E-state index is 6.43. The summed E-state index contributed by atoms with van der Waals surface area (Å²) in [6.45, 7) is 0.914. The Hall–Kier alpha value is -1.68. The van der Waals surface area contributed by atoms with E-state index in [9.17, 15) is 0 Å². The molecule has 0 aliphatic carbocycles. The maximum atomic E-state index is 6.43. The molecule has 0 saturated carbocycles. The third-order valence-electron chi connectivity index (χ3n) is 4.38. The summed E-state index contributed by atoms with van der Waals surface area (Å²) >= 11 is 18.7. The fraction of sp³-hybridized carbons (Fsp3) is 0.211. The van der Waals surface area contributed by atoms with Gasteiger partial charge in [0.2, 0.25) is 0 Å². The molecule has 0 atom stereocenters. The van der Waals surface area contributed by atoms with Crippen molar-refractivity contribution in [3.05, 3.63) is 63.1 Å². The first-order valence-electron chi connectivity index (χ1n) is 8.20. The van der Waals surface area contributed by atoms with Crippen molar-refractivity contribution >= 4 is 40.6 Å². The summed E-state index contributed by atoms with van der Waals surface area (Å²) in [6.07, 6.45) is 3.21. The Morgan fingerprint density at radius 2 is 1.68 bits per heavy atom. The van der Waals surface area contributed by atoms with Crippen molar-refractivity contribution in [3.63, 3.8) is 0 Å². The second kappa shape index (κ2) is 6.91. The Morgan fingerprint density at radius 1 is 0.920 bits per heavy atom. The van der Waals surface area contributed by atoms with Crippen molar-refractivity contribution in [2.45, 2.75) is 19.3 Å². The van der Waals surface area contributed by atoms with Crippen LogP contribution in [0.15, 0.2) is 42.5 Å². The number of benzene rings is 2. The first-order valence-corrected chi connectivity index (χ1v) is 9.34. The van der Waals surface area contributed by atoms with Crippen molar-refractivity contribution in [2.75, 3.05) is 11.9 Å². The molecule has 2 heterocycles. The summed E-state index contributed by atoms with van der Waals surface area (Å²) in [5, 5.41) is 10.3. The summed E-state index contributed by atoms with van der Waals surface area (Å²) in [7, 11) is 0. The minimum Gasteiger partial charge on any atom is -0.370 e. The van der Waals surface area contributed by atoms with Crippen LogP contribution in [0.4, 0.5) is 5.82 Å². The standard InChI is InChI=1S/C19H16Cl3N3/c20-13-6-4-12(5-7-13)18-15-3-1-2-10-23-19(15)25(24-18)17-11-14(21)8-9-16(17)22/h4-9,11,23H,1-3,10H2. The number of aromatic nitrogens is 2. The molecule has 0 saturated heterocycles. The predicted molar refractivity (Wildman–Crippen MR) is 105 cm³/mol. The van der Waals surface area contributed by atoms with Crippen LogP contribution in [-0.2, 0) is 6.42 Å². The smallest absolute Gasteiger partial charge is 0.133 e. The number of anilines is 1. The molecule has 0 fully saturated rings. The SMILES string of the molecule is Clc1ccc(-c2nn(-c3cc(Cl)ccc3Cl)c3c2CCCCN3)cc1. The Morgan fingerprint density at radius 3 is 2.48 bits per heavy atom. The second-order valence-electron chi connectivity index (χ2n) is 6.07. The molecule has 6 heteroatoms. The van der Waals surface area contributed by atoms with Gasteiger partial charge >= 0.3 is 0 Å². The lowest BCUT2D eigenvalue weighted by molar-refractivity contribution is 0.780. The number of halogens is 3. The van der Waals surface area contributed by atoms with E-state index in [0.717, 1.165) is 48.6 Å². The monoisotopic (exact) mass is 391 g/mol. The fourth-order valence-electron chi connectivity index (χ4n) is 3.16. The van der Waals surface area contributed by atoms with Gasteiger partial charge in [-0.2, -0.15) is 5.10 Å². The lowest BCUT2D eigenvalue weighted by atomic mass is 10.0. The predicted octanol–water partition coefficient (Wildman–Crippen LogP) is 6.25. The minimum absolute atomic E-state index is 0.614. The van der Waals surface area contributed by atoms with Crippen molar-refractivity contribution in [3.8, 4) is 16.9 Å². The molecule has 1 aliphatic heterocycles. The molecule has 1 N–H and O–H groups in total. The highest BCUT2D eigenvalue weighted by Gasteiger charge is 2.22. The van der Waals surface area contributed by atoms with Gasteiger partial charge in [0.1, 0.15) is 5.82 Å². The molecule has 0 bridgehead atoms. The molecule has 3 nitrogen and oxygen atoms in total. The molecule has 25 heavy (non-hydrogen) atoms. The number of fused-ring (bicyclic) bond motifs is 1. The zero-order valence-electron chi connectivity index (χ0n) is 13.4. The average Bonchev–Trinajstić information content (AvgIpc) is 2.79. The molecule has 0 radical (unpaired) electrons. The molecule has 3 aromatic rings. The minimum atomic E-state index is 0.614. The second-order valence-corrected chi connectivity index (χ2v) is 7.35. The van der Waals surface area contributed by atoms with E-state index < -0.39 is 0 Å². The van der Waals surface area contributed by atoms with E-state index in [1.54, 1.807) is 12.1 Å². The molecule has 1 aliphatic rings. The van der Waals surface area contributed by atoms with Crippen molar-refractivity contribution in [1.29, 1.82) is 0 Å². The van der Waals surface area contributed by atoms with Crippen LogP contribution >= 0.6 is 34.8 Å². The maximum Gasteiger partial charge on any atom is 0.133 e. The molecule has 0 amide bonds. The Labute approximate surface area is 161 Å². The van der Waals surface area contributed by atoms with Crippen LogP contribution in [0.25, 0.3) is 16.9 Å². The van der Waals surface area contributed by atoms with Crippen LogP contribution in [0, 0.1) is 0 Å². The number of hydrogen-bond donors (Lipinski definition) is 1. The van der Waals surface area contributed by atoms with E-state index in [1.807, 2.05) is 35.0 Å². The van der Waals surface area contributed by atoms with E-state index in [4.69, 9.17) is 39.9 Å².